The molecule has 0 aliphatic heterocycles. The Labute approximate surface area is 145 Å². The zero-order valence-corrected chi connectivity index (χ0v) is 14.0. The van der Waals surface area contributed by atoms with Crippen LogP contribution in [0.25, 0.3) is 11.3 Å². The highest BCUT2D eigenvalue weighted by atomic mass is 35.5. The largest absolute Gasteiger partial charge is 0.441 e. The van der Waals surface area contributed by atoms with E-state index in [-0.39, 0.29) is 5.91 Å². The van der Waals surface area contributed by atoms with Gasteiger partial charge in [-0.2, -0.15) is 0 Å². The summed E-state index contributed by atoms with van der Waals surface area (Å²) in [5.74, 6) is 1.15. The highest BCUT2D eigenvalue weighted by Crippen LogP contribution is 2.21. The third kappa shape index (κ3) is 4.03. The van der Waals surface area contributed by atoms with Crippen molar-refractivity contribution in [3.8, 4) is 11.3 Å². The molecule has 0 spiro atoms. The minimum absolute atomic E-state index is 0.102. The molecule has 4 nitrogen and oxygen atoms in total. The van der Waals surface area contributed by atoms with Gasteiger partial charge in [-0.25, -0.2) is 4.98 Å². The van der Waals surface area contributed by atoms with E-state index in [1.54, 1.807) is 12.3 Å². The number of halogens is 1. The van der Waals surface area contributed by atoms with Crippen molar-refractivity contribution in [1.82, 2.24) is 4.98 Å². The van der Waals surface area contributed by atoms with E-state index >= 15 is 0 Å². The first-order valence-electron chi connectivity index (χ1n) is 7.68. The fraction of sp³-hybridized carbons (Fsp3) is 0.158. The summed E-state index contributed by atoms with van der Waals surface area (Å²) < 4.78 is 5.69. The Bertz CT molecular complexity index is 844. The molecule has 0 atom stereocenters. The Kier molecular flexibility index (Phi) is 4.96. The highest BCUT2D eigenvalue weighted by Gasteiger charge is 2.09. The number of hydrogen-bond donors (Lipinski definition) is 1. The van der Waals surface area contributed by atoms with E-state index < -0.39 is 0 Å². The van der Waals surface area contributed by atoms with Crippen LogP contribution in [0.5, 0.6) is 0 Å². The number of oxazole rings is 1. The molecule has 3 aromatic rings. The number of amides is 1. The Hall–Kier alpha value is -2.59. The van der Waals surface area contributed by atoms with Crippen LogP contribution in [0, 0.1) is 6.92 Å². The molecule has 1 heterocycles. The van der Waals surface area contributed by atoms with Crippen LogP contribution in [0.4, 0.5) is 5.69 Å². The molecule has 1 aromatic heterocycles. The quantitative estimate of drug-likeness (QED) is 0.720. The molecule has 3 rings (SSSR count). The Morgan fingerprint density at radius 1 is 1.21 bits per heavy atom. The summed E-state index contributed by atoms with van der Waals surface area (Å²) in [4.78, 5) is 16.3. The predicted molar refractivity (Wildman–Crippen MR) is 95.1 cm³/mol. The number of carbonyl (C=O) groups is 1. The Balaban J connectivity index is 1.56. The molecule has 0 bridgehead atoms. The topological polar surface area (TPSA) is 55.1 Å². The van der Waals surface area contributed by atoms with Gasteiger partial charge in [0.1, 0.15) is 0 Å². The third-order valence-corrected chi connectivity index (χ3v) is 4.04. The van der Waals surface area contributed by atoms with Gasteiger partial charge in [0, 0.05) is 29.1 Å². The van der Waals surface area contributed by atoms with Crippen LogP contribution >= 0.6 is 11.6 Å². The number of aryl methyl sites for hydroxylation is 2. The maximum atomic E-state index is 12.0. The number of nitrogens with zero attached hydrogens (tertiary/aromatic N) is 1. The average Bonchev–Trinajstić information content (AvgIpc) is 3.06. The zero-order chi connectivity index (χ0) is 16.9. The van der Waals surface area contributed by atoms with Crippen molar-refractivity contribution in [3.05, 3.63) is 71.2 Å². The van der Waals surface area contributed by atoms with Crippen LogP contribution in [-0.4, -0.2) is 10.9 Å². The van der Waals surface area contributed by atoms with Gasteiger partial charge in [0.2, 0.25) is 5.91 Å². The van der Waals surface area contributed by atoms with Crippen LogP contribution < -0.4 is 5.32 Å². The van der Waals surface area contributed by atoms with Crippen molar-refractivity contribution in [2.75, 3.05) is 5.32 Å². The summed E-state index contributed by atoms with van der Waals surface area (Å²) in [5.41, 5.74) is 2.63. The molecule has 0 saturated heterocycles. The van der Waals surface area contributed by atoms with Crippen LogP contribution in [0.15, 0.2) is 59.1 Å². The molecular formula is C19H17ClN2O2. The summed E-state index contributed by atoms with van der Waals surface area (Å²) in [6.07, 6.45) is 2.42. The fourth-order valence-electron chi connectivity index (χ4n) is 2.28. The highest BCUT2D eigenvalue weighted by molar-refractivity contribution is 6.31. The van der Waals surface area contributed by atoms with E-state index in [4.69, 9.17) is 16.0 Å². The van der Waals surface area contributed by atoms with Crippen molar-refractivity contribution in [1.29, 1.82) is 0 Å². The van der Waals surface area contributed by atoms with Crippen molar-refractivity contribution in [2.24, 2.45) is 0 Å². The van der Waals surface area contributed by atoms with Crippen LogP contribution in [0.1, 0.15) is 17.9 Å². The predicted octanol–water partition coefficient (Wildman–Crippen LogP) is 4.87. The number of aromatic nitrogens is 1. The van der Waals surface area contributed by atoms with Gasteiger partial charge >= 0.3 is 0 Å². The number of rotatable bonds is 5. The molecule has 0 radical (unpaired) electrons. The van der Waals surface area contributed by atoms with Crippen LogP contribution in [0.3, 0.4) is 0 Å². The van der Waals surface area contributed by atoms with Gasteiger partial charge in [-0.1, -0.05) is 48.0 Å². The Morgan fingerprint density at radius 3 is 2.75 bits per heavy atom. The van der Waals surface area contributed by atoms with E-state index in [1.807, 2.05) is 49.4 Å². The van der Waals surface area contributed by atoms with Crippen molar-refractivity contribution >= 4 is 23.2 Å². The molecule has 122 valence electrons. The van der Waals surface area contributed by atoms with Crippen molar-refractivity contribution in [3.63, 3.8) is 0 Å². The standard InChI is InChI=1S/C19H17ClN2O2/c1-13-7-8-15(11-16(13)20)22-18(23)9-10-19-21-12-17(24-19)14-5-3-2-4-6-14/h2-8,11-12H,9-10H2,1H3,(H,22,23). The van der Waals surface area contributed by atoms with Gasteiger partial charge < -0.3 is 9.73 Å². The van der Waals surface area contributed by atoms with E-state index in [9.17, 15) is 4.79 Å². The number of carbonyl (C=O) groups excluding carboxylic acids is 1. The maximum absolute atomic E-state index is 12.0. The lowest BCUT2D eigenvalue weighted by Gasteiger charge is -2.06. The Morgan fingerprint density at radius 2 is 2.00 bits per heavy atom. The van der Waals surface area contributed by atoms with E-state index in [0.29, 0.717) is 35.2 Å². The van der Waals surface area contributed by atoms with Gasteiger partial charge in [0.15, 0.2) is 11.7 Å². The molecule has 1 N–H and O–H groups in total. The summed E-state index contributed by atoms with van der Waals surface area (Å²) in [6.45, 7) is 1.92. The number of nitrogens with one attached hydrogen (secondary N) is 1. The fourth-order valence-corrected chi connectivity index (χ4v) is 2.46. The maximum Gasteiger partial charge on any atom is 0.224 e. The molecule has 24 heavy (non-hydrogen) atoms. The molecular weight excluding hydrogens is 324 g/mol. The first-order valence-corrected chi connectivity index (χ1v) is 8.06. The van der Waals surface area contributed by atoms with Gasteiger partial charge in [-0.3, -0.25) is 4.79 Å². The molecule has 5 heteroatoms. The molecule has 1 amide bonds. The lowest BCUT2D eigenvalue weighted by molar-refractivity contribution is -0.116. The average molecular weight is 341 g/mol. The summed E-state index contributed by atoms with van der Waals surface area (Å²) in [7, 11) is 0. The van der Waals surface area contributed by atoms with Crippen LogP contribution in [-0.2, 0) is 11.2 Å². The van der Waals surface area contributed by atoms with E-state index in [2.05, 4.69) is 10.3 Å². The molecule has 0 aliphatic rings. The lowest BCUT2D eigenvalue weighted by atomic mass is 10.2. The molecule has 0 unspecified atom stereocenters. The van der Waals surface area contributed by atoms with Gasteiger partial charge in [0.05, 0.1) is 6.20 Å². The summed E-state index contributed by atoms with van der Waals surface area (Å²) in [5, 5.41) is 3.46. The van der Waals surface area contributed by atoms with Gasteiger partial charge in [0.25, 0.3) is 0 Å². The number of benzene rings is 2. The molecule has 0 saturated carbocycles. The van der Waals surface area contributed by atoms with Crippen LogP contribution in [0.2, 0.25) is 5.02 Å². The summed E-state index contributed by atoms with van der Waals surface area (Å²) >= 11 is 6.05. The van der Waals surface area contributed by atoms with Crippen molar-refractivity contribution in [2.45, 2.75) is 19.8 Å². The van der Waals surface area contributed by atoms with E-state index in [1.165, 1.54) is 0 Å². The first-order chi connectivity index (χ1) is 11.6. The molecule has 2 aromatic carbocycles. The summed E-state index contributed by atoms with van der Waals surface area (Å²) in [6, 6.07) is 15.2. The molecule has 0 aliphatic carbocycles. The monoisotopic (exact) mass is 340 g/mol. The first kappa shape index (κ1) is 16.3. The third-order valence-electron chi connectivity index (χ3n) is 3.63. The normalized spacial score (nSPS) is 10.6. The molecule has 0 fully saturated rings. The smallest absolute Gasteiger partial charge is 0.224 e. The second-order valence-corrected chi connectivity index (χ2v) is 5.90. The van der Waals surface area contributed by atoms with Gasteiger partial charge in [-0.15, -0.1) is 0 Å². The second kappa shape index (κ2) is 7.32. The number of anilines is 1. The minimum atomic E-state index is -0.102. The lowest BCUT2D eigenvalue weighted by Crippen LogP contribution is -2.12. The second-order valence-electron chi connectivity index (χ2n) is 5.50. The van der Waals surface area contributed by atoms with Gasteiger partial charge in [-0.05, 0) is 24.6 Å². The zero-order valence-electron chi connectivity index (χ0n) is 13.3. The SMILES string of the molecule is Cc1ccc(NC(=O)CCc2ncc(-c3ccccc3)o2)cc1Cl. The van der Waals surface area contributed by atoms with E-state index in [0.717, 1.165) is 11.1 Å². The van der Waals surface area contributed by atoms with Crippen molar-refractivity contribution < 1.29 is 9.21 Å². The number of hydrogen-bond acceptors (Lipinski definition) is 3. The minimum Gasteiger partial charge on any atom is -0.441 e.